The zero-order valence-electron chi connectivity index (χ0n) is 17.4. The molecule has 0 atom stereocenters. The molecule has 0 saturated carbocycles. The van der Waals surface area contributed by atoms with E-state index in [4.69, 9.17) is 14.6 Å². The van der Waals surface area contributed by atoms with Gasteiger partial charge in [0, 0.05) is 24.1 Å². The van der Waals surface area contributed by atoms with Gasteiger partial charge in [-0.05, 0) is 64.2 Å². The largest absolute Gasteiger partial charge is 0.497 e. The summed E-state index contributed by atoms with van der Waals surface area (Å²) >= 11 is 1.57. The second-order valence-corrected chi connectivity index (χ2v) is 9.67. The lowest BCUT2D eigenvalue weighted by Crippen LogP contribution is -2.13. The summed E-state index contributed by atoms with van der Waals surface area (Å²) in [5.41, 5.74) is 3.08. The molecule has 0 bridgehead atoms. The summed E-state index contributed by atoms with van der Waals surface area (Å²) in [7, 11) is -1.14. The van der Waals surface area contributed by atoms with E-state index in [9.17, 15) is 13.2 Å². The molecule has 2 aromatic carbocycles. The van der Waals surface area contributed by atoms with E-state index in [1.165, 1.54) is 36.5 Å². The SMILES string of the molecule is COc1ccc(S(=O)(=O)n2cc(CCC(=O)O)c3cc(-c4ccsc4)ccc32)c(OC)c1. The molecule has 0 unspecified atom stereocenters. The van der Waals surface area contributed by atoms with Crippen molar-refractivity contribution >= 4 is 38.2 Å². The number of carboxylic acid groups (broad SMARTS) is 1. The van der Waals surface area contributed by atoms with Crippen LogP contribution >= 0.6 is 11.3 Å². The van der Waals surface area contributed by atoms with Crippen molar-refractivity contribution < 1.29 is 27.8 Å². The quantitative estimate of drug-likeness (QED) is 0.402. The van der Waals surface area contributed by atoms with E-state index in [0.717, 1.165) is 11.1 Å². The summed E-state index contributed by atoms with van der Waals surface area (Å²) in [5.74, 6) is -0.312. The number of aliphatic carboxylic acids is 1. The van der Waals surface area contributed by atoms with Crippen LogP contribution < -0.4 is 9.47 Å². The maximum atomic E-state index is 13.6. The molecule has 1 N–H and O–H groups in total. The van der Waals surface area contributed by atoms with Crippen molar-refractivity contribution in [3.05, 3.63) is 65.0 Å². The van der Waals surface area contributed by atoms with Crippen LogP contribution in [-0.4, -0.2) is 37.7 Å². The minimum absolute atomic E-state index is 0.00982. The first-order valence-electron chi connectivity index (χ1n) is 9.71. The molecular formula is C23H21NO6S2. The van der Waals surface area contributed by atoms with E-state index in [2.05, 4.69) is 0 Å². The van der Waals surface area contributed by atoms with Gasteiger partial charge in [0.25, 0.3) is 10.0 Å². The number of hydrogen-bond acceptors (Lipinski definition) is 6. The molecule has 9 heteroatoms. The number of fused-ring (bicyclic) bond motifs is 1. The van der Waals surface area contributed by atoms with E-state index >= 15 is 0 Å². The number of aryl methyl sites for hydroxylation is 1. The fraction of sp³-hybridized carbons (Fsp3) is 0.174. The molecule has 4 rings (SSSR count). The number of methoxy groups -OCH3 is 2. The third-order valence-corrected chi connectivity index (χ3v) is 7.62. The van der Waals surface area contributed by atoms with Crippen molar-refractivity contribution in [2.75, 3.05) is 14.2 Å². The number of rotatable bonds is 8. The van der Waals surface area contributed by atoms with Crippen molar-refractivity contribution in [3.63, 3.8) is 0 Å². The van der Waals surface area contributed by atoms with Gasteiger partial charge in [-0.2, -0.15) is 11.3 Å². The molecule has 2 heterocycles. The highest BCUT2D eigenvalue weighted by Gasteiger charge is 2.25. The highest BCUT2D eigenvalue weighted by atomic mass is 32.2. The zero-order chi connectivity index (χ0) is 22.9. The van der Waals surface area contributed by atoms with Crippen LogP contribution in [0.4, 0.5) is 0 Å². The van der Waals surface area contributed by atoms with Crippen LogP contribution in [0.1, 0.15) is 12.0 Å². The smallest absolute Gasteiger partial charge is 0.303 e. The molecule has 4 aromatic rings. The van der Waals surface area contributed by atoms with Gasteiger partial charge in [0.2, 0.25) is 0 Å². The van der Waals surface area contributed by atoms with E-state index in [-0.39, 0.29) is 23.5 Å². The van der Waals surface area contributed by atoms with Crippen LogP contribution in [0.3, 0.4) is 0 Å². The molecule has 32 heavy (non-hydrogen) atoms. The minimum atomic E-state index is -4.03. The average Bonchev–Trinajstić information content (AvgIpc) is 3.45. The van der Waals surface area contributed by atoms with E-state index < -0.39 is 16.0 Å². The summed E-state index contributed by atoms with van der Waals surface area (Å²) in [4.78, 5) is 11.2. The molecule has 2 aromatic heterocycles. The lowest BCUT2D eigenvalue weighted by atomic mass is 10.0. The van der Waals surface area contributed by atoms with Crippen molar-refractivity contribution in [1.82, 2.24) is 3.97 Å². The molecular weight excluding hydrogens is 450 g/mol. The van der Waals surface area contributed by atoms with Crippen LogP contribution in [0.2, 0.25) is 0 Å². The van der Waals surface area contributed by atoms with Gasteiger partial charge < -0.3 is 14.6 Å². The molecule has 0 saturated heterocycles. The fourth-order valence-electron chi connectivity index (χ4n) is 3.61. The Morgan fingerprint density at radius 1 is 1.06 bits per heavy atom. The third kappa shape index (κ3) is 3.96. The van der Waals surface area contributed by atoms with Crippen molar-refractivity contribution in [1.29, 1.82) is 0 Å². The highest BCUT2D eigenvalue weighted by molar-refractivity contribution is 7.90. The Kier molecular flexibility index (Phi) is 5.94. The number of carboxylic acids is 1. The minimum Gasteiger partial charge on any atom is -0.497 e. The normalized spacial score (nSPS) is 11.6. The summed E-state index contributed by atoms with van der Waals surface area (Å²) in [6.07, 6.45) is 1.61. The monoisotopic (exact) mass is 471 g/mol. The van der Waals surface area contributed by atoms with Gasteiger partial charge in [0.05, 0.1) is 19.7 Å². The Hall–Kier alpha value is -3.30. The lowest BCUT2D eigenvalue weighted by Gasteiger charge is -2.13. The van der Waals surface area contributed by atoms with Gasteiger partial charge in [-0.1, -0.05) is 6.07 Å². The first-order chi connectivity index (χ1) is 15.3. The maximum absolute atomic E-state index is 13.6. The number of benzene rings is 2. The van der Waals surface area contributed by atoms with Crippen LogP contribution in [0.5, 0.6) is 11.5 Å². The summed E-state index contributed by atoms with van der Waals surface area (Å²) < 4.78 is 38.9. The number of nitrogens with zero attached hydrogens (tertiary/aromatic N) is 1. The van der Waals surface area contributed by atoms with Crippen LogP contribution in [0.15, 0.2) is 64.3 Å². The number of hydrogen-bond donors (Lipinski definition) is 1. The molecule has 0 aliphatic carbocycles. The summed E-state index contributed by atoms with van der Waals surface area (Å²) in [5, 5.41) is 13.8. The molecule has 0 radical (unpaired) electrons. The van der Waals surface area contributed by atoms with Gasteiger partial charge in [0.1, 0.15) is 16.4 Å². The lowest BCUT2D eigenvalue weighted by molar-refractivity contribution is -0.136. The topological polar surface area (TPSA) is 94.8 Å². The predicted molar refractivity (Wildman–Crippen MR) is 123 cm³/mol. The van der Waals surface area contributed by atoms with Crippen molar-refractivity contribution in [3.8, 4) is 22.6 Å². The highest BCUT2D eigenvalue weighted by Crippen LogP contribution is 2.35. The molecule has 7 nitrogen and oxygen atoms in total. The standard InChI is InChI=1S/C23H21NO6S2/c1-29-18-5-7-22(21(12-18)30-2)32(27,28)24-13-16(4-8-23(25)26)19-11-15(3-6-20(19)24)17-9-10-31-14-17/h3,5-7,9-14H,4,8H2,1-2H3,(H,25,26). The molecule has 0 fully saturated rings. The number of aromatic nitrogens is 1. The Morgan fingerprint density at radius 3 is 2.53 bits per heavy atom. The predicted octanol–water partition coefficient (Wildman–Crippen LogP) is 4.64. The second-order valence-electron chi connectivity index (χ2n) is 7.11. The number of ether oxygens (including phenoxy) is 2. The van der Waals surface area contributed by atoms with Crippen molar-refractivity contribution in [2.45, 2.75) is 17.7 Å². The van der Waals surface area contributed by atoms with Gasteiger partial charge in [0.15, 0.2) is 0 Å². The first kappa shape index (κ1) is 21.9. The Morgan fingerprint density at radius 2 is 1.88 bits per heavy atom. The van der Waals surface area contributed by atoms with Gasteiger partial charge >= 0.3 is 5.97 Å². The van der Waals surface area contributed by atoms with E-state index in [1.807, 2.05) is 29.0 Å². The molecule has 0 aliphatic rings. The fourth-order valence-corrected chi connectivity index (χ4v) is 5.81. The van der Waals surface area contributed by atoms with Crippen LogP contribution in [-0.2, 0) is 21.2 Å². The van der Waals surface area contributed by atoms with Gasteiger partial charge in [-0.15, -0.1) is 0 Å². The average molecular weight is 472 g/mol. The van der Waals surface area contributed by atoms with E-state index in [1.54, 1.807) is 23.5 Å². The van der Waals surface area contributed by atoms with Crippen LogP contribution in [0, 0.1) is 0 Å². The van der Waals surface area contributed by atoms with Gasteiger partial charge in [-0.3, -0.25) is 4.79 Å². The van der Waals surface area contributed by atoms with Gasteiger partial charge in [-0.25, -0.2) is 12.4 Å². The number of thiophene rings is 1. The number of carbonyl (C=O) groups is 1. The van der Waals surface area contributed by atoms with E-state index in [0.29, 0.717) is 22.2 Å². The molecule has 0 amide bonds. The first-order valence-corrected chi connectivity index (χ1v) is 12.1. The second kappa shape index (κ2) is 8.68. The Balaban J connectivity index is 1.91. The Labute approximate surface area is 189 Å². The third-order valence-electron chi connectivity index (χ3n) is 5.22. The summed E-state index contributed by atoms with van der Waals surface area (Å²) in [6, 6.07) is 12.0. The molecule has 0 aliphatic heterocycles. The maximum Gasteiger partial charge on any atom is 0.303 e. The van der Waals surface area contributed by atoms with Crippen molar-refractivity contribution in [2.24, 2.45) is 0 Å². The Bertz CT molecular complexity index is 1390. The van der Waals surface area contributed by atoms with Crippen LogP contribution in [0.25, 0.3) is 22.0 Å². The zero-order valence-corrected chi connectivity index (χ0v) is 19.1. The molecule has 0 spiro atoms. The summed E-state index contributed by atoms with van der Waals surface area (Å²) in [6.45, 7) is 0. The molecule has 166 valence electrons.